The third-order valence-electron chi connectivity index (χ3n) is 2.35. The number of amides is 1. The van der Waals surface area contributed by atoms with Crippen LogP contribution in [0, 0.1) is 0 Å². The van der Waals surface area contributed by atoms with Crippen molar-refractivity contribution in [2.45, 2.75) is 39.0 Å². The van der Waals surface area contributed by atoms with Gasteiger partial charge in [-0.2, -0.15) is 0 Å². The van der Waals surface area contributed by atoms with Gasteiger partial charge >= 0.3 is 12.1 Å². The van der Waals surface area contributed by atoms with Crippen LogP contribution >= 0.6 is 0 Å². The number of nitrogens with zero attached hydrogens (tertiary/aromatic N) is 1. The summed E-state index contributed by atoms with van der Waals surface area (Å²) in [7, 11) is 0.445. The molecule has 0 rings (SSSR count). The maximum Gasteiger partial charge on any atom is 0.409 e. The Kier molecular flexibility index (Phi) is 7.66. The van der Waals surface area contributed by atoms with Crippen molar-refractivity contribution in [3.8, 4) is 0 Å². The van der Waals surface area contributed by atoms with Gasteiger partial charge in [-0.15, -0.1) is 0 Å². The molecular weight excluding hydrogens is 250 g/mol. The Balaban J connectivity index is 3.79. The van der Waals surface area contributed by atoms with Gasteiger partial charge in [-0.05, 0) is 13.0 Å². The predicted molar refractivity (Wildman–Crippen MR) is 73.4 cm³/mol. The summed E-state index contributed by atoms with van der Waals surface area (Å²) in [6.45, 7) is 9.58. The molecule has 0 aromatic carbocycles. The standard InChI is InChI=1S/C12H25NO4Si/c1-6-16-11(14)7-8-13(2)12(15)17-9-10-18(3,4)5/h6-10H2,1-5H3. The summed E-state index contributed by atoms with van der Waals surface area (Å²) in [5, 5.41) is 0. The molecule has 106 valence electrons. The first-order valence-electron chi connectivity index (χ1n) is 6.30. The Morgan fingerprint density at radius 1 is 1.17 bits per heavy atom. The molecule has 0 aliphatic heterocycles. The average molecular weight is 275 g/mol. The molecule has 0 aromatic rings. The van der Waals surface area contributed by atoms with E-state index in [4.69, 9.17) is 9.47 Å². The predicted octanol–water partition coefficient (Wildman–Crippen LogP) is 2.35. The largest absolute Gasteiger partial charge is 0.466 e. The van der Waals surface area contributed by atoms with Crippen LogP contribution in [0.25, 0.3) is 0 Å². The van der Waals surface area contributed by atoms with E-state index in [1.165, 1.54) is 4.90 Å². The van der Waals surface area contributed by atoms with Crippen molar-refractivity contribution in [2.24, 2.45) is 0 Å². The summed E-state index contributed by atoms with van der Waals surface area (Å²) in [4.78, 5) is 24.1. The number of hydrogen-bond acceptors (Lipinski definition) is 4. The molecule has 0 aromatic heterocycles. The molecule has 0 fully saturated rings. The molecule has 0 N–H and O–H groups in total. The summed E-state index contributed by atoms with van der Waals surface area (Å²) in [5.41, 5.74) is 0. The molecule has 0 saturated carbocycles. The molecule has 0 radical (unpaired) electrons. The summed E-state index contributed by atoms with van der Waals surface area (Å²) in [6.07, 6.45) is -0.175. The van der Waals surface area contributed by atoms with Crippen LogP contribution in [0.3, 0.4) is 0 Å². The van der Waals surface area contributed by atoms with Gasteiger partial charge in [-0.25, -0.2) is 4.79 Å². The summed E-state index contributed by atoms with van der Waals surface area (Å²) in [6, 6.07) is 0.949. The Labute approximate surface area is 110 Å². The van der Waals surface area contributed by atoms with Gasteiger partial charge in [0.15, 0.2) is 0 Å². The minimum Gasteiger partial charge on any atom is -0.466 e. The lowest BCUT2D eigenvalue weighted by molar-refractivity contribution is -0.143. The van der Waals surface area contributed by atoms with Crippen molar-refractivity contribution in [2.75, 3.05) is 26.8 Å². The second kappa shape index (κ2) is 8.13. The van der Waals surface area contributed by atoms with Gasteiger partial charge in [-0.3, -0.25) is 4.79 Å². The Morgan fingerprint density at radius 2 is 1.78 bits per heavy atom. The van der Waals surface area contributed by atoms with Crippen LogP contribution in [-0.2, 0) is 14.3 Å². The van der Waals surface area contributed by atoms with Gasteiger partial charge in [0, 0.05) is 21.7 Å². The maximum atomic E-state index is 11.6. The van der Waals surface area contributed by atoms with E-state index in [0.717, 1.165) is 6.04 Å². The third kappa shape index (κ3) is 9.04. The van der Waals surface area contributed by atoms with E-state index < -0.39 is 8.07 Å². The summed E-state index contributed by atoms with van der Waals surface area (Å²) >= 11 is 0. The van der Waals surface area contributed by atoms with E-state index >= 15 is 0 Å². The van der Waals surface area contributed by atoms with Crippen LogP contribution in [-0.4, -0.2) is 51.8 Å². The summed E-state index contributed by atoms with van der Waals surface area (Å²) in [5.74, 6) is -0.292. The van der Waals surface area contributed by atoms with E-state index in [1.807, 2.05) is 0 Å². The number of rotatable bonds is 7. The highest BCUT2D eigenvalue weighted by atomic mass is 28.3. The van der Waals surface area contributed by atoms with Gasteiger partial charge in [0.2, 0.25) is 0 Å². The zero-order valence-electron chi connectivity index (χ0n) is 12.1. The van der Waals surface area contributed by atoms with Crippen LogP contribution < -0.4 is 0 Å². The van der Waals surface area contributed by atoms with E-state index in [2.05, 4.69) is 19.6 Å². The van der Waals surface area contributed by atoms with Gasteiger partial charge in [0.25, 0.3) is 0 Å². The second-order valence-electron chi connectivity index (χ2n) is 5.40. The lowest BCUT2D eigenvalue weighted by Crippen LogP contribution is -2.31. The van der Waals surface area contributed by atoms with Crippen molar-refractivity contribution in [1.29, 1.82) is 0 Å². The fourth-order valence-electron chi connectivity index (χ4n) is 1.14. The van der Waals surface area contributed by atoms with E-state index in [1.54, 1.807) is 14.0 Å². The molecule has 6 heteroatoms. The molecule has 0 spiro atoms. The molecule has 0 bridgehead atoms. The molecule has 0 atom stereocenters. The van der Waals surface area contributed by atoms with Crippen molar-refractivity contribution < 1.29 is 19.1 Å². The minimum absolute atomic E-state index is 0.202. The van der Waals surface area contributed by atoms with Crippen LogP contribution in [0.4, 0.5) is 4.79 Å². The van der Waals surface area contributed by atoms with E-state index in [-0.39, 0.29) is 18.5 Å². The van der Waals surface area contributed by atoms with Crippen LogP contribution in [0.1, 0.15) is 13.3 Å². The maximum absolute atomic E-state index is 11.6. The van der Waals surface area contributed by atoms with Crippen molar-refractivity contribution >= 4 is 20.1 Å². The number of esters is 1. The molecule has 0 heterocycles. The van der Waals surface area contributed by atoms with Gasteiger partial charge in [0.1, 0.15) is 0 Å². The monoisotopic (exact) mass is 275 g/mol. The smallest absolute Gasteiger partial charge is 0.409 e. The first kappa shape index (κ1) is 17.0. The molecule has 0 aliphatic rings. The Bertz CT molecular complexity index is 276. The summed E-state index contributed by atoms with van der Waals surface area (Å²) < 4.78 is 9.93. The molecule has 0 saturated heterocycles. The lowest BCUT2D eigenvalue weighted by atomic mass is 10.4. The molecular formula is C12H25NO4Si. The van der Waals surface area contributed by atoms with Crippen LogP contribution in [0.15, 0.2) is 0 Å². The normalized spacial score (nSPS) is 10.9. The highest BCUT2D eigenvalue weighted by Gasteiger charge is 2.16. The number of carbonyl (C=O) groups is 2. The van der Waals surface area contributed by atoms with Crippen molar-refractivity contribution in [3.05, 3.63) is 0 Å². The number of carbonyl (C=O) groups excluding carboxylic acids is 2. The molecule has 5 nitrogen and oxygen atoms in total. The van der Waals surface area contributed by atoms with E-state index in [0.29, 0.717) is 19.8 Å². The molecule has 0 aliphatic carbocycles. The third-order valence-corrected chi connectivity index (χ3v) is 4.05. The lowest BCUT2D eigenvalue weighted by Gasteiger charge is -2.19. The second-order valence-corrected chi connectivity index (χ2v) is 11.0. The number of hydrogen-bond donors (Lipinski definition) is 0. The first-order chi connectivity index (χ1) is 8.26. The first-order valence-corrected chi connectivity index (χ1v) is 10.0. The fourth-order valence-corrected chi connectivity index (χ4v) is 1.85. The van der Waals surface area contributed by atoms with Gasteiger partial charge in [-0.1, -0.05) is 19.6 Å². The fraction of sp³-hybridized carbons (Fsp3) is 0.833. The SMILES string of the molecule is CCOC(=O)CCN(C)C(=O)OCC[Si](C)(C)C. The molecule has 1 amide bonds. The topological polar surface area (TPSA) is 55.8 Å². The molecule has 0 unspecified atom stereocenters. The van der Waals surface area contributed by atoms with Crippen molar-refractivity contribution in [1.82, 2.24) is 4.90 Å². The highest BCUT2D eigenvalue weighted by molar-refractivity contribution is 6.76. The van der Waals surface area contributed by atoms with Crippen LogP contribution in [0.5, 0.6) is 0 Å². The van der Waals surface area contributed by atoms with E-state index in [9.17, 15) is 9.59 Å². The highest BCUT2D eigenvalue weighted by Crippen LogP contribution is 2.08. The average Bonchev–Trinajstić information content (AvgIpc) is 2.24. The van der Waals surface area contributed by atoms with Crippen LogP contribution in [0.2, 0.25) is 25.7 Å². The zero-order chi connectivity index (χ0) is 14.2. The number of ether oxygens (including phenoxy) is 2. The quantitative estimate of drug-likeness (QED) is 0.528. The van der Waals surface area contributed by atoms with Gasteiger partial charge in [0.05, 0.1) is 19.6 Å². The van der Waals surface area contributed by atoms with Crippen molar-refractivity contribution in [3.63, 3.8) is 0 Å². The van der Waals surface area contributed by atoms with Gasteiger partial charge < -0.3 is 14.4 Å². The minimum atomic E-state index is -1.18. The zero-order valence-corrected chi connectivity index (χ0v) is 13.1. The Morgan fingerprint density at radius 3 is 2.28 bits per heavy atom. The Hall–Kier alpha value is -1.04. The molecule has 18 heavy (non-hydrogen) atoms.